The fraction of sp³-hybridized carbons (Fsp3) is 0.545. The highest BCUT2D eigenvalue weighted by Crippen LogP contribution is 2.35. The molecule has 2 bridgehead atoms. The number of aromatic nitrogens is 1. The predicted molar refractivity (Wildman–Crippen MR) is 159 cm³/mol. The number of likely N-dealkylation sites (tertiary alicyclic amines) is 1. The molecule has 5 rings (SSSR count). The average Bonchev–Trinajstić information content (AvgIpc) is 2.95. The molecule has 1 aromatic carbocycles. The van der Waals surface area contributed by atoms with Gasteiger partial charge in [0.15, 0.2) is 0 Å². The number of benzene rings is 1. The smallest absolute Gasteiger partial charge is 0.342 e. The Labute approximate surface area is 247 Å². The number of fused-ring (bicyclic) bond motifs is 5. The quantitative estimate of drug-likeness (QED) is 0.509. The van der Waals surface area contributed by atoms with Crippen molar-refractivity contribution in [2.24, 2.45) is 5.92 Å². The number of aliphatic hydroxyl groups is 1. The molecule has 42 heavy (non-hydrogen) atoms. The maximum absolute atomic E-state index is 13.2. The molecule has 4 heterocycles. The van der Waals surface area contributed by atoms with Crippen LogP contribution >= 0.6 is 0 Å². The van der Waals surface area contributed by atoms with Gasteiger partial charge in [0.1, 0.15) is 35.6 Å². The van der Waals surface area contributed by atoms with Gasteiger partial charge in [0.2, 0.25) is 0 Å². The van der Waals surface area contributed by atoms with E-state index in [1.807, 2.05) is 35.8 Å². The fourth-order valence-corrected chi connectivity index (χ4v) is 6.53. The number of hydrogen-bond donors (Lipinski definition) is 1. The number of allylic oxidation sites excluding steroid dienone is 1. The Morgan fingerprint density at radius 1 is 1.10 bits per heavy atom. The minimum absolute atomic E-state index is 0.0618. The molecule has 0 radical (unpaired) electrons. The number of rotatable bonds is 6. The van der Waals surface area contributed by atoms with Gasteiger partial charge in [-0.25, -0.2) is 4.79 Å². The fourth-order valence-electron chi connectivity index (χ4n) is 6.53. The van der Waals surface area contributed by atoms with Crippen LogP contribution in [0, 0.1) is 5.92 Å². The largest absolute Gasteiger partial charge is 0.496 e. The van der Waals surface area contributed by atoms with Gasteiger partial charge >= 0.3 is 5.97 Å². The van der Waals surface area contributed by atoms with Crippen molar-refractivity contribution in [2.45, 2.75) is 76.5 Å². The monoisotopic (exact) mass is 578 g/mol. The van der Waals surface area contributed by atoms with E-state index in [0.717, 1.165) is 31.6 Å². The summed E-state index contributed by atoms with van der Waals surface area (Å²) in [5.41, 5.74) is 2.09. The standard InChI is InChI=1S/C33H42N2O7/c1-22-8-6-11-26(36)10-5-3-4-9-24-15-28(16-30(40-2)32(24)33(39)42-22)41-21-27(37)20-34-17-23-14-25(19-34)29-12-7-13-31(38)35(29)18-23/h4,7,9,12-13,15-16,22-23,25,27,37H,3,5-6,8,10-11,14,17-21H2,1-2H3/t22-,23-,25-,27-/m1/s1. The summed E-state index contributed by atoms with van der Waals surface area (Å²) in [7, 11) is 1.51. The van der Waals surface area contributed by atoms with Gasteiger partial charge < -0.3 is 23.9 Å². The number of aliphatic hydroxyl groups excluding tert-OH is 1. The van der Waals surface area contributed by atoms with Crippen LogP contribution in [0.15, 0.2) is 41.2 Å². The first kappa shape index (κ1) is 30.0. The molecule has 4 atom stereocenters. The molecule has 0 unspecified atom stereocenters. The molecule has 3 aliphatic rings. The number of nitrogens with zero attached hydrogens (tertiary/aromatic N) is 2. The maximum atomic E-state index is 13.2. The van der Waals surface area contributed by atoms with Gasteiger partial charge in [-0.1, -0.05) is 18.2 Å². The molecule has 1 saturated heterocycles. The minimum atomic E-state index is -0.722. The van der Waals surface area contributed by atoms with Crippen molar-refractivity contribution < 1.29 is 28.9 Å². The number of carbonyl (C=O) groups is 2. The summed E-state index contributed by atoms with van der Waals surface area (Å²) in [6.45, 7) is 4.72. The summed E-state index contributed by atoms with van der Waals surface area (Å²) in [6, 6.07) is 8.92. The highest BCUT2D eigenvalue weighted by atomic mass is 16.5. The van der Waals surface area contributed by atoms with Crippen LogP contribution in [0.2, 0.25) is 0 Å². The van der Waals surface area contributed by atoms with Gasteiger partial charge in [-0.15, -0.1) is 0 Å². The van der Waals surface area contributed by atoms with Crippen LogP contribution < -0.4 is 15.0 Å². The van der Waals surface area contributed by atoms with Crippen LogP contribution in [0.5, 0.6) is 11.5 Å². The second-order valence-corrected chi connectivity index (χ2v) is 11.9. The first-order valence-corrected chi connectivity index (χ1v) is 15.1. The number of esters is 1. The van der Waals surface area contributed by atoms with Crippen LogP contribution in [0.1, 0.15) is 79.4 Å². The third kappa shape index (κ3) is 7.31. The minimum Gasteiger partial charge on any atom is -0.496 e. The number of β-amino-alcohol motifs (C(OH)–C–C–N with tert-alkyl or cyclic N) is 1. The molecule has 2 aromatic rings. The molecule has 9 nitrogen and oxygen atoms in total. The molecule has 1 aromatic heterocycles. The Morgan fingerprint density at radius 2 is 1.93 bits per heavy atom. The van der Waals surface area contributed by atoms with Gasteiger partial charge in [0.25, 0.3) is 5.56 Å². The number of hydrogen-bond acceptors (Lipinski definition) is 8. The summed E-state index contributed by atoms with van der Waals surface area (Å²) in [5.74, 6) is 1.25. The Hall–Kier alpha value is -3.43. The van der Waals surface area contributed by atoms with Crippen LogP contribution in [0.4, 0.5) is 0 Å². The lowest BCUT2D eigenvalue weighted by molar-refractivity contribution is -0.119. The second-order valence-electron chi connectivity index (χ2n) is 11.9. The topological polar surface area (TPSA) is 107 Å². The van der Waals surface area contributed by atoms with Crippen LogP contribution in [0.3, 0.4) is 0 Å². The van der Waals surface area contributed by atoms with E-state index in [1.165, 1.54) is 7.11 Å². The van der Waals surface area contributed by atoms with Crippen LogP contribution in [0.25, 0.3) is 6.08 Å². The summed E-state index contributed by atoms with van der Waals surface area (Å²) in [4.78, 5) is 39.9. The van der Waals surface area contributed by atoms with E-state index >= 15 is 0 Å². The van der Waals surface area contributed by atoms with Crippen molar-refractivity contribution in [3.8, 4) is 11.5 Å². The van der Waals surface area contributed by atoms with E-state index in [9.17, 15) is 19.5 Å². The lowest BCUT2D eigenvalue weighted by Gasteiger charge is -2.43. The van der Waals surface area contributed by atoms with Crippen LogP contribution in [-0.2, 0) is 16.1 Å². The summed E-state index contributed by atoms with van der Waals surface area (Å²) in [5, 5.41) is 10.9. The van der Waals surface area contributed by atoms with Crippen molar-refractivity contribution in [1.29, 1.82) is 0 Å². The normalized spacial score (nSPS) is 24.1. The molecule has 1 N–H and O–H groups in total. The Balaban J connectivity index is 1.26. The number of ether oxygens (including phenoxy) is 3. The molecule has 1 fully saturated rings. The van der Waals surface area contributed by atoms with Crippen molar-refractivity contribution >= 4 is 17.8 Å². The number of cyclic esters (lactones) is 1. The van der Waals surface area contributed by atoms with Crippen LogP contribution in [-0.4, -0.2) is 71.9 Å². The number of piperidine rings is 1. The van der Waals surface area contributed by atoms with E-state index in [2.05, 4.69) is 4.90 Å². The number of Topliss-reactive ketones (excluding diaryl/α,β-unsaturated/α-hetero) is 1. The zero-order valence-electron chi connectivity index (χ0n) is 24.6. The van der Waals surface area contributed by atoms with E-state index in [-0.39, 0.29) is 30.0 Å². The zero-order valence-corrected chi connectivity index (χ0v) is 24.6. The van der Waals surface area contributed by atoms with Crippen molar-refractivity contribution in [3.05, 3.63) is 63.6 Å². The molecule has 3 aliphatic heterocycles. The highest BCUT2D eigenvalue weighted by molar-refractivity contribution is 5.97. The summed E-state index contributed by atoms with van der Waals surface area (Å²) in [6.07, 6.45) is 7.63. The SMILES string of the molecule is COc1cc(OC[C@H](O)CN2C[C@H]3C[C@H](C2)c2cccc(=O)n2C3)cc2c1C(=O)O[C@H](C)CCCC(=O)CCCC=C2. The van der Waals surface area contributed by atoms with Gasteiger partial charge in [-0.2, -0.15) is 0 Å². The molecule has 0 amide bonds. The molecular weight excluding hydrogens is 536 g/mol. The Bertz CT molecular complexity index is 1370. The highest BCUT2D eigenvalue weighted by Gasteiger charge is 2.35. The molecule has 0 aliphatic carbocycles. The number of methoxy groups -OCH3 is 1. The molecule has 0 saturated carbocycles. The third-order valence-corrected chi connectivity index (χ3v) is 8.50. The predicted octanol–water partition coefficient (Wildman–Crippen LogP) is 4.20. The second kappa shape index (κ2) is 13.7. The van der Waals surface area contributed by atoms with Gasteiger partial charge in [0.05, 0.1) is 13.2 Å². The first-order chi connectivity index (χ1) is 20.3. The van der Waals surface area contributed by atoms with Gasteiger partial charge in [0, 0.05) is 62.8 Å². The lowest BCUT2D eigenvalue weighted by atomic mass is 9.83. The van der Waals surface area contributed by atoms with Gasteiger partial charge in [-0.05, 0) is 62.6 Å². The molecule has 9 heteroatoms. The number of ketones is 1. The maximum Gasteiger partial charge on any atom is 0.342 e. The average molecular weight is 579 g/mol. The van der Waals surface area contributed by atoms with E-state index in [4.69, 9.17) is 14.2 Å². The molecule has 226 valence electrons. The first-order valence-electron chi connectivity index (χ1n) is 15.1. The lowest BCUT2D eigenvalue weighted by Crippen LogP contribution is -2.49. The van der Waals surface area contributed by atoms with Crippen molar-refractivity contribution in [2.75, 3.05) is 33.4 Å². The van der Waals surface area contributed by atoms with Crippen molar-refractivity contribution in [3.63, 3.8) is 0 Å². The molecule has 0 spiro atoms. The Kier molecular flexibility index (Phi) is 9.80. The number of carbonyl (C=O) groups excluding carboxylic acids is 2. The van der Waals surface area contributed by atoms with E-state index < -0.39 is 12.1 Å². The zero-order chi connectivity index (χ0) is 29.6. The molecular formula is C33H42N2O7. The Morgan fingerprint density at radius 3 is 2.76 bits per heavy atom. The third-order valence-electron chi connectivity index (χ3n) is 8.50. The van der Waals surface area contributed by atoms with E-state index in [1.54, 1.807) is 18.2 Å². The van der Waals surface area contributed by atoms with Gasteiger partial charge in [-0.3, -0.25) is 14.5 Å². The van der Waals surface area contributed by atoms with E-state index in [0.29, 0.717) is 73.7 Å². The summed E-state index contributed by atoms with van der Waals surface area (Å²) < 4.78 is 19.2. The van der Waals surface area contributed by atoms with Crippen molar-refractivity contribution in [1.82, 2.24) is 9.47 Å². The summed E-state index contributed by atoms with van der Waals surface area (Å²) >= 11 is 0. The number of pyridine rings is 1.